The SMILES string of the molecule is CCN(CCc1ccccn1)Cc1ccc(OC)c(OC)c1OC. The van der Waals surface area contributed by atoms with Crippen molar-refractivity contribution < 1.29 is 14.2 Å². The van der Waals surface area contributed by atoms with E-state index in [1.54, 1.807) is 21.3 Å². The number of nitrogens with zero attached hydrogens (tertiary/aromatic N) is 2. The van der Waals surface area contributed by atoms with Gasteiger partial charge in [0, 0.05) is 37.0 Å². The van der Waals surface area contributed by atoms with Crippen molar-refractivity contribution in [2.24, 2.45) is 0 Å². The maximum atomic E-state index is 5.57. The van der Waals surface area contributed by atoms with Gasteiger partial charge in [-0.1, -0.05) is 19.1 Å². The molecule has 24 heavy (non-hydrogen) atoms. The standard InChI is InChI=1S/C19H26N2O3/c1-5-21(13-11-16-8-6-7-12-20-16)14-15-9-10-17(22-2)19(24-4)18(15)23-3/h6-10,12H,5,11,13-14H2,1-4H3. The van der Waals surface area contributed by atoms with Gasteiger partial charge >= 0.3 is 0 Å². The van der Waals surface area contributed by atoms with Crippen LogP contribution >= 0.6 is 0 Å². The van der Waals surface area contributed by atoms with Crippen LogP contribution in [0, 0.1) is 0 Å². The lowest BCUT2D eigenvalue weighted by molar-refractivity contribution is 0.272. The van der Waals surface area contributed by atoms with E-state index in [9.17, 15) is 0 Å². The van der Waals surface area contributed by atoms with Gasteiger partial charge in [0.05, 0.1) is 21.3 Å². The van der Waals surface area contributed by atoms with Crippen molar-refractivity contribution in [2.45, 2.75) is 19.9 Å². The maximum absolute atomic E-state index is 5.57. The molecule has 5 heteroatoms. The molecule has 2 rings (SSSR count). The Morgan fingerprint density at radius 3 is 2.33 bits per heavy atom. The third-order valence-electron chi connectivity index (χ3n) is 4.04. The molecule has 0 fully saturated rings. The van der Waals surface area contributed by atoms with E-state index in [-0.39, 0.29) is 0 Å². The molecule has 0 aliphatic carbocycles. The van der Waals surface area contributed by atoms with Gasteiger partial charge in [-0.15, -0.1) is 0 Å². The topological polar surface area (TPSA) is 43.8 Å². The highest BCUT2D eigenvalue weighted by molar-refractivity contribution is 5.55. The maximum Gasteiger partial charge on any atom is 0.203 e. The highest BCUT2D eigenvalue weighted by Gasteiger charge is 2.17. The summed E-state index contributed by atoms with van der Waals surface area (Å²) in [6.07, 6.45) is 2.76. The summed E-state index contributed by atoms with van der Waals surface area (Å²) in [6.45, 7) is 4.83. The Morgan fingerprint density at radius 1 is 0.958 bits per heavy atom. The van der Waals surface area contributed by atoms with E-state index in [2.05, 4.69) is 22.9 Å². The van der Waals surface area contributed by atoms with E-state index in [4.69, 9.17) is 14.2 Å². The second-order valence-electron chi connectivity index (χ2n) is 5.43. The van der Waals surface area contributed by atoms with Crippen molar-refractivity contribution in [1.82, 2.24) is 9.88 Å². The molecule has 1 aromatic heterocycles. The first-order valence-corrected chi connectivity index (χ1v) is 8.13. The molecule has 0 aliphatic rings. The number of methoxy groups -OCH3 is 3. The van der Waals surface area contributed by atoms with Crippen LogP contribution in [-0.4, -0.2) is 44.3 Å². The number of ether oxygens (including phenoxy) is 3. The normalized spacial score (nSPS) is 10.7. The summed E-state index contributed by atoms with van der Waals surface area (Å²) in [4.78, 5) is 6.75. The summed E-state index contributed by atoms with van der Waals surface area (Å²) in [7, 11) is 4.91. The van der Waals surface area contributed by atoms with Gasteiger partial charge in [-0.05, 0) is 24.7 Å². The van der Waals surface area contributed by atoms with Crippen molar-refractivity contribution >= 4 is 0 Å². The van der Waals surface area contributed by atoms with Crippen LogP contribution in [0.1, 0.15) is 18.2 Å². The van der Waals surface area contributed by atoms with Gasteiger partial charge < -0.3 is 14.2 Å². The molecule has 0 bridgehead atoms. The predicted octanol–water partition coefficient (Wildman–Crippen LogP) is 3.17. The Morgan fingerprint density at radius 2 is 1.75 bits per heavy atom. The Kier molecular flexibility index (Phi) is 6.88. The largest absolute Gasteiger partial charge is 0.493 e. The fraction of sp³-hybridized carbons (Fsp3) is 0.421. The number of rotatable bonds is 9. The third kappa shape index (κ3) is 4.38. The van der Waals surface area contributed by atoms with Crippen LogP contribution in [0.2, 0.25) is 0 Å². The van der Waals surface area contributed by atoms with Crippen LogP contribution < -0.4 is 14.2 Å². The second-order valence-corrected chi connectivity index (χ2v) is 5.43. The fourth-order valence-corrected chi connectivity index (χ4v) is 2.70. The van der Waals surface area contributed by atoms with Gasteiger partial charge in [0.1, 0.15) is 0 Å². The quantitative estimate of drug-likeness (QED) is 0.706. The number of benzene rings is 1. The minimum atomic E-state index is 0.637. The van der Waals surface area contributed by atoms with Crippen molar-refractivity contribution in [2.75, 3.05) is 34.4 Å². The van der Waals surface area contributed by atoms with Crippen molar-refractivity contribution in [3.05, 3.63) is 47.8 Å². The molecule has 0 atom stereocenters. The second kappa shape index (κ2) is 9.13. The third-order valence-corrected chi connectivity index (χ3v) is 4.04. The van der Waals surface area contributed by atoms with Crippen LogP contribution in [-0.2, 0) is 13.0 Å². The minimum Gasteiger partial charge on any atom is -0.493 e. The zero-order chi connectivity index (χ0) is 17.4. The van der Waals surface area contributed by atoms with Crippen molar-refractivity contribution in [3.63, 3.8) is 0 Å². The minimum absolute atomic E-state index is 0.637. The summed E-state index contributed by atoms with van der Waals surface area (Å²) in [6, 6.07) is 9.98. The van der Waals surface area contributed by atoms with E-state index >= 15 is 0 Å². The lowest BCUT2D eigenvalue weighted by Crippen LogP contribution is -2.26. The molecule has 0 radical (unpaired) electrons. The lowest BCUT2D eigenvalue weighted by Gasteiger charge is -2.23. The van der Waals surface area contributed by atoms with Crippen LogP contribution in [0.3, 0.4) is 0 Å². The Balaban J connectivity index is 2.12. The highest BCUT2D eigenvalue weighted by atomic mass is 16.5. The highest BCUT2D eigenvalue weighted by Crippen LogP contribution is 2.40. The molecule has 5 nitrogen and oxygen atoms in total. The number of hydrogen-bond acceptors (Lipinski definition) is 5. The molecular weight excluding hydrogens is 304 g/mol. The van der Waals surface area contributed by atoms with Crippen LogP contribution in [0.5, 0.6) is 17.2 Å². The van der Waals surface area contributed by atoms with Crippen molar-refractivity contribution in [3.8, 4) is 17.2 Å². The van der Waals surface area contributed by atoms with Gasteiger partial charge in [-0.25, -0.2) is 0 Å². The average Bonchev–Trinajstić information content (AvgIpc) is 2.65. The molecular formula is C19H26N2O3. The summed E-state index contributed by atoms with van der Waals surface area (Å²) >= 11 is 0. The molecule has 0 amide bonds. The van der Waals surface area contributed by atoms with E-state index in [0.29, 0.717) is 11.5 Å². The first-order chi connectivity index (χ1) is 11.7. The zero-order valence-corrected chi connectivity index (χ0v) is 14.9. The average molecular weight is 330 g/mol. The summed E-state index contributed by atoms with van der Waals surface area (Å²) in [5.74, 6) is 2.04. The first-order valence-electron chi connectivity index (χ1n) is 8.13. The molecule has 130 valence electrons. The summed E-state index contributed by atoms with van der Waals surface area (Å²) in [5, 5.41) is 0. The van der Waals surface area contributed by atoms with Gasteiger partial charge in [-0.2, -0.15) is 0 Å². The predicted molar refractivity (Wildman–Crippen MR) is 95.0 cm³/mol. The van der Waals surface area contributed by atoms with E-state index in [1.807, 2.05) is 30.5 Å². The van der Waals surface area contributed by atoms with E-state index < -0.39 is 0 Å². The van der Waals surface area contributed by atoms with E-state index in [0.717, 1.165) is 43.1 Å². The van der Waals surface area contributed by atoms with Gasteiger partial charge in [0.15, 0.2) is 11.5 Å². The number of pyridine rings is 1. The van der Waals surface area contributed by atoms with Crippen molar-refractivity contribution in [1.29, 1.82) is 0 Å². The molecule has 2 aromatic rings. The van der Waals surface area contributed by atoms with Gasteiger partial charge in [0.25, 0.3) is 0 Å². The Labute approximate surface area is 144 Å². The fourth-order valence-electron chi connectivity index (χ4n) is 2.70. The van der Waals surface area contributed by atoms with Crippen LogP contribution in [0.4, 0.5) is 0 Å². The smallest absolute Gasteiger partial charge is 0.203 e. The molecule has 0 saturated carbocycles. The molecule has 0 unspecified atom stereocenters. The molecule has 0 N–H and O–H groups in total. The zero-order valence-electron chi connectivity index (χ0n) is 14.9. The molecule has 0 aliphatic heterocycles. The Bertz CT molecular complexity index is 632. The molecule has 1 aromatic carbocycles. The number of likely N-dealkylation sites (N-methyl/N-ethyl adjacent to an activating group) is 1. The van der Waals surface area contributed by atoms with Gasteiger partial charge in [-0.3, -0.25) is 9.88 Å². The Hall–Kier alpha value is -2.27. The number of aromatic nitrogens is 1. The first kappa shape index (κ1) is 18.1. The number of hydrogen-bond donors (Lipinski definition) is 0. The van der Waals surface area contributed by atoms with Crippen LogP contribution in [0.15, 0.2) is 36.5 Å². The summed E-state index contributed by atoms with van der Waals surface area (Å²) in [5.41, 5.74) is 2.19. The lowest BCUT2D eigenvalue weighted by atomic mass is 10.1. The van der Waals surface area contributed by atoms with Gasteiger partial charge in [0.2, 0.25) is 5.75 Å². The summed E-state index contributed by atoms with van der Waals surface area (Å²) < 4.78 is 16.4. The molecule has 0 saturated heterocycles. The molecule has 0 spiro atoms. The van der Waals surface area contributed by atoms with Crippen LogP contribution in [0.25, 0.3) is 0 Å². The monoisotopic (exact) mass is 330 g/mol. The molecule has 1 heterocycles. The van der Waals surface area contributed by atoms with E-state index in [1.165, 1.54) is 0 Å².